The van der Waals surface area contributed by atoms with Crippen molar-refractivity contribution in [3.8, 4) is 12.3 Å². The first-order valence-corrected chi connectivity index (χ1v) is 3.35. The van der Waals surface area contributed by atoms with Crippen LogP contribution >= 0.6 is 0 Å². The van der Waals surface area contributed by atoms with Crippen LogP contribution in [-0.2, 0) is 0 Å². The van der Waals surface area contributed by atoms with Crippen molar-refractivity contribution in [1.82, 2.24) is 0 Å². The van der Waals surface area contributed by atoms with E-state index in [1.54, 1.807) is 0 Å². The molecule has 0 fully saturated rings. The maximum absolute atomic E-state index is 5.28. The van der Waals surface area contributed by atoms with Gasteiger partial charge in [0, 0.05) is 11.5 Å². The van der Waals surface area contributed by atoms with Crippen LogP contribution in [0.25, 0.3) is 11.0 Å². The zero-order valence-electron chi connectivity index (χ0n) is 5.87. The zero-order valence-corrected chi connectivity index (χ0v) is 5.87. The summed E-state index contributed by atoms with van der Waals surface area (Å²) in [5.74, 6) is 3.04. The summed E-state index contributed by atoms with van der Waals surface area (Å²) < 4.78 is 5.28. The monoisotopic (exact) mass is 142 g/mol. The van der Waals surface area contributed by atoms with Crippen LogP contribution in [-0.4, -0.2) is 0 Å². The highest BCUT2D eigenvalue weighted by Gasteiger charge is 1.97. The molecule has 1 heteroatoms. The van der Waals surface area contributed by atoms with Gasteiger partial charge in [-0.3, -0.25) is 0 Å². The molecule has 0 radical (unpaired) electrons. The Morgan fingerprint density at radius 3 is 2.82 bits per heavy atom. The lowest BCUT2D eigenvalue weighted by molar-refractivity contribution is 0.601. The smallest absolute Gasteiger partial charge is 0.177 e. The van der Waals surface area contributed by atoms with E-state index in [9.17, 15) is 0 Å². The standard InChI is InChI=1S/C10H6O/c1-2-9-7-8-5-3-4-6-10(8)11-9/h1,3-7H. The molecule has 0 amide bonds. The first kappa shape index (κ1) is 6.06. The highest BCUT2D eigenvalue weighted by atomic mass is 16.3. The molecule has 1 aromatic carbocycles. The molecule has 0 unspecified atom stereocenters. The molecule has 0 atom stereocenters. The maximum atomic E-state index is 5.28. The van der Waals surface area contributed by atoms with Gasteiger partial charge in [0.1, 0.15) is 5.58 Å². The predicted molar refractivity (Wildman–Crippen MR) is 44.1 cm³/mol. The first-order chi connectivity index (χ1) is 5.40. The van der Waals surface area contributed by atoms with Gasteiger partial charge < -0.3 is 4.42 Å². The summed E-state index contributed by atoms with van der Waals surface area (Å²) >= 11 is 0. The molecule has 0 aliphatic carbocycles. The highest BCUT2D eigenvalue weighted by molar-refractivity contribution is 5.78. The number of hydrogen-bond donors (Lipinski definition) is 0. The van der Waals surface area contributed by atoms with E-state index in [4.69, 9.17) is 10.8 Å². The van der Waals surface area contributed by atoms with E-state index in [-0.39, 0.29) is 0 Å². The van der Waals surface area contributed by atoms with Crippen LogP contribution in [0.3, 0.4) is 0 Å². The first-order valence-electron chi connectivity index (χ1n) is 3.35. The van der Waals surface area contributed by atoms with Crippen molar-refractivity contribution in [2.24, 2.45) is 0 Å². The molecular formula is C10H6O. The topological polar surface area (TPSA) is 13.1 Å². The summed E-state index contributed by atoms with van der Waals surface area (Å²) in [7, 11) is 0. The van der Waals surface area contributed by atoms with Crippen LogP contribution in [0.1, 0.15) is 5.76 Å². The number of furan rings is 1. The van der Waals surface area contributed by atoms with E-state index in [1.165, 1.54) is 0 Å². The summed E-state index contributed by atoms with van der Waals surface area (Å²) in [6, 6.07) is 9.61. The van der Waals surface area contributed by atoms with Gasteiger partial charge in [0.15, 0.2) is 5.76 Å². The van der Waals surface area contributed by atoms with E-state index in [1.807, 2.05) is 30.3 Å². The summed E-state index contributed by atoms with van der Waals surface area (Å²) in [5, 5.41) is 1.06. The van der Waals surface area contributed by atoms with Gasteiger partial charge in [-0.15, -0.1) is 6.42 Å². The second-order valence-electron chi connectivity index (χ2n) is 2.29. The number of benzene rings is 1. The van der Waals surface area contributed by atoms with Crippen LogP contribution in [0.4, 0.5) is 0 Å². The fourth-order valence-corrected chi connectivity index (χ4v) is 1.05. The Bertz CT molecular complexity index is 385. The maximum Gasteiger partial charge on any atom is 0.177 e. The normalized spacial score (nSPS) is 9.73. The average Bonchev–Trinajstić information content (AvgIpc) is 2.46. The van der Waals surface area contributed by atoms with E-state index < -0.39 is 0 Å². The molecule has 0 aliphatic heterocycles. The lowest BCUT2D eigenvalue weighted by Gasteiger charge is -1.81. The van der Waals surface area contributed by atoms with Gasteiger partial charge in [0.2, 0.25) is 0 Å². The summed E-state index contributed by atoms with van der Waals surface area (Å²) in [5.41, 5.74) is 0.848. The van der Waals surface area contributed by atoms with Gasteiger partial charge in [-0.05, 0) is 12.0 Å². The Balaban J connectivity index is 2.81. The fraction of sp³-hybridized carbons (Fsp3) is 0. The van der Waals surface area contributed by atoms with Crippen LogP contribution < -0.4 is 0 Å². The third-order valence-electron chi connectivity index (χ3n) is 1.57. The predicted octanol–water partition coefficient (Wildman–Crippen LogP) is 2.41. The zero-order chi connectivity index (χ0) is 7.68. The number of hydrogen-bond acceptors (Lipinski definition) is 1. The molecule has 1 aromatic heterocycles. The van der Waals surface area contributed by atoms with Gasteiger partial charge in [0.05, 0.1) is 0 Å². The lowest BCUT2D eigenvalue weighted by Crippen LogP contribution is -1.57. The fourth-order valence-electron chi connectivity index (χ4n) is 1.05. The third-order valence-corrected chi connectivity index (χ3v) is 1.57. The van der Waals surface area contributed by atoms with E-state index in [0.29, 0.717) is 5.76 Å². The highest BCUT2D eigenvalue weighted by Crippen LogP contribution is 2.17. The molecular weight excluding hydrogens is 136 g/mol. The second kappa shape index (κ2) is 2.17. The van der Waals surface area contributed by atoms with Crippen molar-refractivity contribution in [3.05, 3.63) is 36.1 Å². The minimum atomic E-state index is 0.589. The van der Waals surface area contributed by atoms with Crippen molar-refractivity contribution >= 4 is 11.0 Å². The SMILES string of the molecule is C#Cc1cc2ccccc2o1. The molecule has 0 bridgehead atoms. The molecule has 0 aliphatic rings. The molecule has 0 N–H and O–H groups in total. The van der Waals surface area contributed by atoms with Gasteiger partial charge in [-0.25, -0.2) is 0 Å². The van der Waals surface area contributed by atoms with Gasteiger partial charge in [-0.2, -0.15) is 0 Å². The Morgan fingerprint density at radius 2 is 2.09 bits per heavy atom. The van der Waals surface area contributed by atoms with Gasteiger partial charge >= 0.3 is 0 Å². The van der Waals surface area contributed by atoms with Crippen molar-refractivity contribution in [2.45, 2.75) is 0 Å². The molecule has 0 saturated carbocycles. The Labute approximate surface area is 64.6 Å². The molecule has 2 rings (SSSR count). The van der Waals surface area contributed by atoms with Crippen molar-refractivity contribution in [2.75, 3.05) is 0 Å². The van der Waals surface area contributed by atoms with E-state index in [0.717, 1.165) is 11.0 Å². The van der Waals surface area contributed by atoms with Crippen molar-refractivity contribution < 1.29 is 4.42 Å². The Hall–Kier alpha value is -1.68. The third kappa shape index (κ3) is 0.890. The Morgan fingerprint density at radius 1 is 1.27 bits per heavy atom. The second-order valence-corrected chi connectivity index (χ2v) is 2.29. The lowest BCUT2D eigenvalue weighted by atomic mass is 10.2. The number of fused-ring (bicyclic) bond motifs is 1. The number of terminal acetylenes is 1. The molecule has 11 heavy (non-hydrogen) atoms. The van der Waals surface area contributed by atoms with Crippen LogP contribution in [0.15, 0.2) is 34.7 Å². The van der Waals surface area contributed by atoms with Crippen LogP contribution in [0, 0.1) is 12.3 Å². The van der Waals surface area contributed by atoms with E-state index >= 15 is 0 Å². The minimum Gasteiger partial charge on any atom is -0.448 e. The van der Waals surface area contributed by atoms with E-state index in [2.05, 4.69) is 5.92 Å². The summed E-state index contributed by atoms with van der Waals surface area (Å²) in [6.07, 6.45) is 5.17. The molecule has 0 spiro atoms. The molecule has 2 aromatic rings. The molecule has 0 saturated heterocycles. The molecule has 1 heterocycles. The van der Waals surface area contributed by atoms with Gasteiger partial charge in [-0.1, -0.05) is 18.2 Å². The largest absolute Gasteiger partial charge is 0.448 e. The quantitative estimate of drug-likeness (QED) is 0.515. The van der Waals surface area contributed by atoms with Gasteiger partial charge in [0.25, 0.3) is 0 Å². The summed E-state index contributed by atoms with van der Waals surface area (Å²) in [6.45, 7) is 0. The number of rotatable bonds is 0. The van der Waals surface area contributed by atoms with Crippen LogP contribution in [0.2, 0.25) is 0 Å². The number of para-hydroxylation sites is 1. The molecule has 1 nitrogen and oxygen atoms in total. The van der Waals surface area contributed by atoms with Crippen LogP contribution in [0.5, 0.6) is 0 Å². The minimum absolute atomic E-state index is 0.589. The summed E-state index contributed by atoms with van der Waals surface area (Å²) in [4.78, 5) is 0. The molecule has 52 valence electrons. The Kier molecular flexibility index (Phi) is 1.20. The van der Waals surface area contributed by atoms with Crippen molar-refractivity contribution in [3.63, 3.8) is 0 Å². The average molecular weight is 142 g/mol. The van der Waals surface area contributed by atoms with Crippen molar-refractivity contribution in [1.29, 1.82) is 0 Å².